The third kappa shape index (κ3) is 2.63. The first kappa shape index (κ1) is 15.7. The van der Waals surface area contributed by atoms with Gasteiger partial charge in [0.25, 0.3) is 5.56 Å². The van der Waals surface area contributed by atoms with Crippen molar-refractivity contribution in [1.29, 1.82) is 0 Å². The van der Waals surface area contributed by atoms with Crippen molar-refractivity contribution >= 4 is 21.9 Å². The van der Waals surface area contributed by atoms with Crippen LogP contribution in [0.25, 0.3) is 0 Å². The number of hydrogen-bond acceptors (Lipinski definition) is 4. The molecular weight excluding hydrogens is 348 g/mol. The number of nitrogens with zero attached hydrogens (tertiary/aromatic N) is 1. The number of halogens is 1. The maximum Gasteiger partial charge on any atom is 0.315 e. The van der Waals surface area contributed by atoms with Gasteiger partial charge in [0.1, 0.15) is 5.60 Å². The lowest BCUT2D eigenvalue weighted by atomic mass is 9.72. The number of esters is 1. The highest BCUT2D eigenvalue weighted by Crippen LogP contribution is 2.42. The van der Waals surface area contributed by atoms with E-state index < -0.39 is 11.0 Å². The quantitative estimate of drug-likeness (QED) is 0.650. The van der Waals surface area contributed by atoms with Gasteiger partial charge in [0, 0.05) is 42.6 Å². The van der Waals surface area contributed by atoms with E-state index in [2.05, 4.69) is 21.2 Å². The Balaban J connectivity index is 1.96. The fraction of sp³-hybridized carbons (Fsp3) is 0.625. The van der Waals surface area contributed by atoms with Gasteiger partial charge in [-0.2, -0.15) is 0 Å². The number of alkyl halides is 1. The number of ether oxygens (including phenoxy) is 1. The maximum absolute atomic E-state index is 12.8. The highest BCUT2D eigenvalue weighted by atomic mass is 79.9. The molecule has 0 aliphatic carbocycles. The Morgan fingerprint density at radius 2 is 2.32 bits per heavy atom. The molecule has 22 heavy (non-hydrogen) atoms. The van der Waals surface area contributed by atoms with E-state index in [0.29, 0.717) is 18.4 Å². The molecule has 2 atom stereocenters. The summed E-state index contributed by atoms with van der Waals surface area (Å²) in [6, 6.07) is 5.33. The fourth-order valence-corrected chi connectivity index (χ4v) is 3.52. The number of aromatic nitrogens is 1. The molecule has 3 rings (SSSR count). The van der Waals surface area contributed by atoms with E-state index in [-0.39, 0.29) is 17.4 Å². The first-order valence-corrected chi connectivity index (χ1v) is 8.69. The molecular formula is C16H21BrN2O3. The summed E-state index contributed by atoms with van der Waals surface area (Å²) in [6.45, 7) is 5.50. The molecule has 3 heterocycles. The van der Waals surface area contributed by atoms with Gasteiger partial charge in [0.05, 0.1) is 5.41 Å². The number of nitrogens with one attached hydrogen (secondary N) is 1. The number of carbonyl (C=O) groups is 1. The van der Waals surface area contributed by atoms with Gasteiger partial charge < -0.3 is 14.6 Å². The molecule has 6 heteroatoms. The zero-order valence-electron chi connectivity index (χ0n) is 12.9. The minimum Gasteiger partial charge on any atom is -0.458 e. The van der Waals surface area contributed by atoms with Gasteiger partial charge in [0.2, 0.25) is 0 Å². The summed E-state index contributed by atoms with van der Waals surface area (Å²) in [5.74, 6) is -0.0356. The Hall–Kier alpha value is -1.14. The van der Waals surface area contributed by atoms with Gasteiger partial charge in [-0.3, -0.25) is 9.59 Å². The summed E-state index contributed by atoms with van der Waals surface area (Å²) < 4.78 is 7.46. The van der Waals surface area contributed by atoms with E-state index in [1.54, 1.807) is 16.7 Å². The molecule has 0 unspecified atom stereocenters. The zero-order chi connectivity index (χ0) is 16.0. The van der Waals surface area contributed by atoms with Crippen LogP contribution in [0.4, 0.5) is 0 Å². The van der Waals surface area contributed by atoms with Crippen molar-refractivity contribution in [2.24, 2.45) is 5.41 Å². The van der Waals surface area contributed by atoms with E-state index in [4.69, 9.17) is 4.74 Å². The van der Waals surface area contributed by atoms with Crippen LogP contribution in [0.15, 0.2) is 23.0 Å². The summed E-state index contributed by atoms with van der Waals surface area (Å²) in [5.41, 5.74) is -0.231. The molecule has 0 radical (unpaired) electrons. The van der Waals surface area contributed by atoms with Crippen molar-refractivity contribution in [2.75, 3.05) is 18.4 Å². The van der Waals surface area contributed by atoms with Crippen molar-refractivity contribution in [2.45, 2.75) is 38.3 Å². The second-order valence-electron chi connectivity index (χ2n) is 6.97. The first-order valence-electron chi connectivity index (χ1n) is 7.57. The molecule has 1 aromatic rings. The number of fused-ring (bicyclic) bond motifs is 4. The molecule has 120 valence electrons. The molecule has 1 fully saturated rings. The van der Waals surface area contributed by atoms with E-state index in [1.165, 1.54) is 0 Å². The van der Waals surface area contributed by atoms with Crippen molar-refractivity contribution in [3.8, 4) is 0 Å². The molecule has 1 N–H and O–H groups in total. The van der Waals surface area contributed by atoms with E-state index in [1.807, 2.05) is 19.9 Å². The third-order valence-corrected chi connectivity index (χ3v) is 5.93. The molecule has 0 spiro atoms. The molecule has 0 saturated carbocycles. The topological polar surface area (TPSA) is 60.3 Å². The van der Waals surface area contributed by atoms with Crippen LogP contribution in [0, 0.1) is 5.41 Å². The summed E-state index contributed by atoms with van der Waals surface area (Å²) in [4.78, 5) is 25.0. The average molecular weight is 369 g/mol. The standard InChI is InChI=1S/C16H21BrN2O3/c1-15(2,8-17)22-14(21)16-6-11(7-18-9-16)12-4-3-5-13(20)19(12)10-16/h3-5,11,18H,6-10H2,1-2H3/t11-,16-/m1/s1. The number of carbonyl (C=O) groups excluding carboxylic acids is 1. The summed E-state index contributed by atoms with van der Waals surface area (Å²) >= 11 is 3.38. The predicted molar refractivity (Wildman–Crippen MR) is 87.3 cm³/mol. The van der Waals surface area contributed by atoms with Crippen LogP contribution in [0.1, 0.15) is 31.9 Å². The molecule has 2 aliphatic heterocycles. The summed E-state index contributed by atoms with van der Waals surface area (Å²) in [7, 11) is 0. The van der Waals surface area contributed by atoms with Crippen LogP contribution in [-0.2, 0) is 16.1 Å². The van der Waals surface area contributed by atoms with E-state index >= 15 is 0 Å². The van der Waals surface area contributed by atoms with Gasteiger partial charge in [-0.1, -0.05) is 22.0 Å². The molecule has 1 aromatic heterocycles. The predicted octanol–water partition coefficient (Wildman–Crippen LogP) is 1.64. The van der Waals surface area contributed by atoms with Crippen LogP contribution in [0.2, 0.25) is 0 Å². The monoisotopic (exact) mass is 368 g/mol. The van der Waals surface area contributed by atoms with Gasteiger partial charge in [0.15, 0.2) is 0 Å². The lowest BCUT2D eigenvalue weighted by Crippen LogP contribution is -2.57. The number of rotatable bonds is 3. The molecule has 5 nitrogen and oxygen atoms in total. The molecule has 2 bridgehead atoms. The second kappa shape index (κ2) is 5.49. The van der Waals surface area contributed by atoms with Crippen LogP contribution in [0.3, 0.4) is 0 Å². The highest BCUT2D eigenvalue weighted by Gasteiger charge is 2.49. The SMILES string of the molecule is CC(C)(CBr)OC(=O)[C@@]12CNC[C@@H](C1)c1cccc(=O)n1C2. The number of piperidine rings is 1. The fourth-order valence-electron chi connectivity index (χ4n) is 3.40. The van der Waals surface area contributed by atoms with E-state index in [0.717, 1.165) is 18.7 Å². The third-order valence-electron chi connectivity index (χ3n) is 4.58. The number of pyridine rings is 1. The van der Waals surface area contributed by atoms with Gasteiger partial charge in [-0.05, 0) is 26.3 Å². The molecule has 0 amide bonds. The number of hydrogen-bond donors (Lipinski definition) is 1. The minimum atomic E-state index is -0.652. The zero-order valence-corrected chi connectivity index (χ0v) is 14.5. The smallest absolute Gasteiger partial charge is 0.315 e. The Kier molecular flexibility index (Phi) is 3.93. The maximum atomic E-state index is 12.8. The van der Waals surface area contributed by atoms with Crippen LogP contribution in [0.5, 0.6) is 0 Å². The average Bonchev–Trinajstić information content (AvgIpc) is 2.48. The summed E-state index contributed by atoms with van der Waals surface area (Å²) in [5, 5.41) is 3.92. The van der Waals surface area contributed by atoms with Crippen molar-refractivity contribution < 1.29 is 9.53 Å². The van der Waals surface area contributed by atoms with Crippen molar-refractivity contribution in [1.82, 2.24) is 9.88 Å². The van der Waals surface area contributed by atoms with Crippen LogP contribution < -0.4 is 10.9 Å². The Bertz CT molecular complexity index is 655. The van der Waals surface area contributed by atoms with Crippen molar-refractivity contribution in [3.05, 3.63) is 34.2 Å². The Morgan fingerprint density at radius 3 is 3.05 bits per heavy atom. The van der Waals surface area contributed by atoms with Gasteiger partial charge in [-0.15, -0.1) is 0 Å². The first-order chi connectivity index (χ1) is 10.4. The lowest BCUT2D eigenvalue weighted by molar-refractivity contribution is -0.171. The largest absolute Gasteiger partial charge is 0.458 e. The second-order valence-corrected chi connectivity index (χ2v) is 7.53. The molecule has 2 aliphatic rings. The Morgan fingerprint density at radius 1 is 1.55 bits per heavy atom. The van der Waals surface area contributed by atoms with Crippen LogP contribution in [-0.4, -0.2) is 34.6 Å². The summed E-state index contributed by atoms with van der Waals surface area (Å²) in [6.07, 6.45) is 0.737. The highest BCUT2D eigenvalue weighted by molar-refractivity contribution is 9.09. The van der Waals surface area contributed by atoms with Gasteiger partial charge >= 0.3 is 5.97 Å². The van der Waals surface area contributed by atoms with E-state index in [9.17, 15) is 9.59 Å². The molecule has 1 saturated heterocycles. The van der Waals surface area contributed by atoms with Crippen LogP contribution >= 0.6 is 15.9 Å². The van der Waals surface area contributed by atoms with Crippen molar-refractivity contribution in [3.63, 3.8) is 0 Å². The lowest BCUT2D eigenvalue weighted by Gasteiger charge is -2.45. The normalized spacial score (nSPS) is 27.1. The Labute approximate surface area is 138 Å². The molecule has 0 aromatic carbocycles. The van der Waals surface area contributed by atoms with Gasteiger partial charge in [-0.25, -0.2) is 0 Å². The minimum absolute atomic E-state index is 0.0407.